The van der Waals surface area contributed by atoms with Crippen molar-refractivity contribution >= 4 is 10.0 Å². The van der Waals surface area contributed by atoms with Crippen LogP contribution in [0.1, 0.15) is 44.5 Å². The summed E-state index contributed by atoms with van der Waals surface area (Å²) in [5.74, 6) is -0.996. The number of benzene rings is 1. The van der Waals surface area contributed by atoms with Gasteiger partial charge in [0.25, 0.3) is 0 Å². The van der Waals surface area contributed by atoms with Gasteiger partial charge in [-0.3, -0.25) is 0 Å². The summed E-state index contributed by atoms with van der Waals surface area (Å²) in [6, 6.07) is 6.44. The topological polar surface area (TPSA) is 85.1 Å². The second kappa shape index (κ2) is 6.32. The molecule has 0 radical (unpaired) electrons. The Morgan fingerprint density at radius 2 is 1.83 bits per heavy atom. The van der Waals surface area contributed by atoms with E-state index in [9.17, 15) is 17.2 Å². The maximum atomic E-state index is 12.3. The normalized spacial score (nSPS) is 12.8. The van der Waals surface area contributed by atoms with Crippen LogP contribution >= 0.6 is 0 Å². The lowest BCUT2D eigenvalue weighted by atomic mass is 9.87. The van der Waals surface area contributed by atoms with Gasteiger partial charge in [0.2, 0.25) is 21.7 Å². The number of hydrogen-bond donors (Lipinski definition) is 1. The van der Waals surface area contributed by atoms with E-state index >= 15 is 0 Å². The highest BCUT2D eigenvalue weighted by Gasteiger charge is 2.20. The number of halogens is 2. The number of aromatic nitrogens is 2. The first-order valence-corrected chi connectivity index (χ1v) is 8.29. The van der Waals surface area contributed by atoms with E-state index in [0.29, 0.717) is 0 Å². The van der Waals surface area contributed by atoms with Crippen LogP contribution in [0.25, 0.3) is 0 Å². The minimum atomic E-state index is -3.80. The monoisotopic (exact) mass is 345 g/mol. The average molecular weight is 345 g/mol. The fourth-order valence-electron chi connectivity index (χ4n) is 1.80. The molecule has 6 nitrogen and oxygen atoms in total. The molecule has 0 aliphatic heterocycles. The summed E-state index contributed by atoms with van der Waals surface area (Å²) in [6.45, 7) is 5.70. The molecule has 1 aromatic carbocycles. The van der Waals surface area contributed by atoms with Gasteiger partial charge in [0.15, 0.2) is 0 Å². The highest BCUT2D eigenvalue weighted by molar-refractivity contribution is 7.89. The fourth-order valence-corrected chi connectivity index (χ4v) is 2.78. The van der Waals surface area contributed by atoms with Gasteiger partial charge in [0.05, 0.1) is 11.4 Å². The third-order valence-electron chi connectivity index (χ3n) is 3.12. The minimum Gasteiger partial charge on any atom is -0.338 e. The molecule has 9 heteroatoms. The Balaban J connectivity index is 2.09. The van der Waals surface area contributed by atoms with E-state index in [1.165, 1.54) is 12.1 Å². The first-order valence-electron chi connectivity index (χ1n) is 6.80. The van der Waals surface area contributed by atoms with Crippen molar-refractivity contribution in [2.24, 2.45) is 0 Å². The van der Waals surface area contributed by atoms with E-state index in [2.05, 4.69) is 19.4 Å². The van der Waals surface area contributed by atoms with Crippen LogP contribution in [0.5, 0.6) is 0 Å². The van der Waals surface area contributed by atoms with Crippen LogP contribution in [0.2, 0.25) is 0 Å². The van der Waals surface area contributed by atoms with Crippen LogP contribution in [-0.4, -0.2) is 18.6 Å². The molecular weight excluding hydrogens is 328 g/mol. The molecule has 0 saturated carbocycles. The Kier molecular flexibility index (Phi) is 4.81. The molecule has 23 heavy (non-hydrogen) atoms. The van der Waals surface area contributed by atoms with Crippen molar-refractivity contribution in [2.45, 2.75) is 44.1 Å². The minimum absolute atomic E-state index is 0.0686. The molecule has 0 aliphatic rings. The second-order valence-electron chi connectivity index (χ2n) is 5.95. The van der Waals surface area contributed by atoms with Crippen LogP contribution < -0.4 is 4.72 Å². The van der Waals surface area contributed by atoms with E-state index in [1.54, 1.807) is 12.1 Å². The van der Waals surface area contributed by atoms with Crippen molar-refractivity contribution < 1.29 is 21.7 Å². The van der Waals surface area contributed by atoms with E-state index in [-0.39, 0.29) is 22.7 Å². The maximum absolute atomic E-state index is 12.3. The van der Waals surface area contributed by atoms with E-state index in [4.69, 9.17) is 0 Å². The number of hydrogen-bond acceptors (Lipinski definition) is 5. The summed E-state index contributed by atoms with van der Waals surface area (Å²) in [6.07, 6.45) is -2.87. The van der Waals surface area contributed by atoms with E-state index in [0.717, 1.165) is 5.56 Å². The van der Waals surface area contributed by atoms with Crippen molar-refractivity contribution in [1.82, 2.24) is 14.9 Å². The molecule has 1 heterocycles. The molecule has 2 aromatic rings. The molecule has 2 rings (SSSR count). The van der Waals surface area contributed by atoms with Crippen LogP contribution in [0, 0.1) is 0 Å². The number of rotatable bonds is 5. The lowest BCUT2D eigenvalue weighted by molar-refractivity contribution is 0.136. The zero-order valence-corrected chi connectivity index (χ0v) is 13.7. The van der Waals surface area contributed by atoms with Gasteiger partial charge in [0, 0.05) is 0 Å². The quantitative estimate of drug-likeness (QED) is 0.901. The average Bonchev–Trinajstić information content (AvgIpc) is 2.94. The Labute approximate surface area is 133 Å². The van der Waals surface area contributed by atoms with Crippen molar-refractivity contribution in [2.75, 3.05) is 0 Å². The van der Waals surface area contributed by atoms with Gasteiger partial charge >= 0.3 is 6.43 Å². The van der Waals surface area contributed by atoms with Gasteiger partial charge in [-0.25, -0.2) is 21.9 Å². The molecule has 1 N–H and O–H groups in total. The molecule has 1 aromatic heterocycles. The van der Waals surface area contributed by atoms with Gasteiger partial charge in [0.1, 0.15) is 0 Å². The highest BCUT2D eigenvalue weighted by Crippen LogP contribution is 2.23. The number of alkyl halides is 2. The van der Waals surface area contributed by atoms with E-state index in [1.807, 2.05) is 20.8 Å². The second-order valence-corrected chi connectivity index (χ2v) is 7.71. The van der Waals surface area contributed by atoms with Crippen molar-refractivity contribution in [3.05, 3.63) is 41.5 Å². The van der Waals surface area contributed by atoms with Crippen LogP contribution in [0.15, 0.2) is 33.7 Å². The Bertz CT molecular complexity index is 765. The van der Waals surface area contributed by atoms with Crippen LogP contribution in [-0.2, 0) is 22.0 Å². The van der Waals surface area contributed by atoms with Crippen LogP contribution in [0.3, 0.4) is 0 Å². The van der Waals surface area contributed by atoms with Gasteiger partial charge in [-0.15, -0.1) is 0 Å². The fraction of sp³-hybridized carbons (Fsp3) is 0.429. The number of sulfonamides is 1. The van der Waals surface area contributed by atoms with Crippen molar-refractivity contribution in [3.8, 4) is 0 Å². The summed E-state index contributed by atoms with van der Waals surface area (Å²) in [5.41, 5.74) is 0.903. The lowest BCUT2D eigenvalue weighted by Gasteiger charge is -2.19. The SMILES string of the molecule is CC(C)(C)c1ccc(S(=O)(=O)NCc2nc(C(F)F)no2)cc1. The smallest absolute Gasteiger partial charge is 0.300 e. The first kappa shape index (κ1) is 17.5. The molecule has 0 bridgehead atoms. The summed E-state index contributed by atoms with van der Waals surface area (Å²) >= 11 is 0. The Morgan fingerprint density at radius 1 is 1.22 bits per heavy atom. The molecular formula is C14H17F2N3O3S. The summed E-state index contributed by atoms with van der Waals surface area (Å²) < 4.78 is 55.8. The Morgan fingerprint density at radius 3 is 2.30 bits per heavy atom. The molecule has 0 unspecified atom stereocenters. The van der Waals surface area contributed by atoms with Gasteiger partial charge in [-0.1, -0.05) is 38.1 Å². The maximum Gasteiger partial charge on any atom is 0.300 e. The molecule has 0 amide bonds. The predicted molar refractivity (Wildman–Crippen MR) is 78.4 cm³/mol. The first-order chi connectivity index (χ1) is 10.6. The summed E-state index contributed by atoms with van der Waals surface area (Å²) in [5, 5.41) is 3.06. The molecule has 0 fully saturated rings. The third kappa shape index (κ3) is 4.32. The lowest BCUT2D eigenvalue weighted by Crippen LogP contribution is -2.23. The predicted octanol–water partition coefficient (Wildman–Crippen LogP) is 2.78. The van der Waals surface area contributed by atoms with Gasteiger partial charge in [-0.05, 0) is 23.1 Å². The van der Waals surface area contributed by atoms with E-state index < -0.39 is 22.3 Å². The van der Waals surface area contributed by atoms with Gasteiger partial charge in [-0.2, -0.15) is 4.98 Å². The molecule has 0 aliphatic carbocycles. The number of nitrogens with one attached hydrogen (secondary N) is 1. The number of nitrogens with zero attached hydrogens (tertiary/aromatic N) is 2. The molecule has 0 atom stereocenters. The zero-order chi connectivity index (χ0) is 17.3. The highest BCUT2D eigenvalue weighted by atomic mass is 32.2. The molecule has 126 valence electrons. The standard InChI is InChI=1S/C14H17F2N3O3S/c1-14(2,3)9-4-6-10(7-5-9)23(20,21)17-8-11-18-13(12(15)16)19-22-11/h4-7,12,17H,8H2,1-3H3. The van der Waals surface area contributed by atoms with Crippen molar-refractivity contribution in [1.29, 1.82) is 0 Å². The molecule has 0 spiro atoms. The third-order valence-corrected chi connectivity index (χ3v) is 4.54. The largest absolute Gasteiger partial charge is 0.338 e. The van der Waals surface area contributed by atoms with Gasteiger partial charge < -0.3 is 4.52 Å². The van der Waals surface area contributed by atoms with Crippen LogP contribution in [0.4, 0.5) is 8.78 Å². The zero-order valence-electron chi connectivity index (χ0n) is 12.9. The molecule has 0 saturated heterocycles. The van der Waals surface area contributed by atoms with Crippen molar-refractivity contribution in [3.63, 3.8) is 0 Å². The summed E-state index contributed by atoms with van der Waals surface area (Å²) in [4.78, 5) is 3.47. The summed E-state index contributed by atoms with van der Waals surface area (Å²) in [7, 11) is -3.80. The Hall–Kier alpha value is -1.87.